The zero-order valence-electron chi connectivity index (χ0n) is 6.04. The minimum absolute atomic E-state index is 0.280. The van der Waals surface area contributed by atoms with Crippen molar-refractivity contribution < 1.29 is 4.79 Å². The molecule has 0 aliphatic carbocycles. The molecule has 2 nitrogen and oxygen atoms in total. The Hall–Kier alpha value is -0.440. The minimum Gasteiger partial charge on any atom is -0.328 e. The van der Waals surface area contributed by atoms with Crippen LogP contribution in [0.25, 0.3) is 0 Å². The van der Waals surface area contributed by atoms with Gasteiger partial charge in [-0.3, -0.25) is 4.79 Å². The van der Waals surface area contributed by atoms with Crippen molar-refractivity contribution in [3.05, 3.63) is 12.2 Å². The lowest BCUT2D eigenvalue weighted by atomic mass is 10.2. The lowest BCUT2D eigenvalue weighted by Crippen LogP contribution is -2.29. The fourth-order valence-corrected chi connectivity index (χ4v) is 2.24. The average Bonchev–Trinajstić information content (AvgIpc) is 2.33. The van der Waals surface area contributed by atoms with Crippen molar-refractivity contribution in [3.63, 3.8) is 0 Å². The van der Waals surface area contributed by atoms with E-state index in [0.29, 0.717) is 0 Å². The van der Waals surface area contributed by atoms with Crippen LogP contribution >= 0.6 is 11.8 Å². The molecule has 1 unspecified atom stereocenters. The maximum absolute atomic E-state index is 10.4. The second-order valence-corrected chi connectivity index (χ2v) is 3.48. The summed E-state index contributed by atoms with van der Waals surface area (Å²) in [6.45, 7) is 5.79. The number of carbonyl (C=O) groups is 1. The molecule has 1 aliphatic rings. The third-order valence-corrected chi connectivity index (χ3v) is 2.65. The fourth-order valence-electron chi connectivity index (χ4n) is 0.985. The number of thioether (sulfide) groups is 1. The predicted octanol–water partition coefficient (Wildman–Crippen LogP) is 1.09. The van der Waals surface area contributed by atoms with Crippen LogP contribution in [0, 0.1) is 0 Å². The molecule has 0 spiro atoms. The van der Waals surface area contributed by atoms with Gasteiger partial charge in [0.05, 0.1) is 11.9 Å². The van der Waals surface area contributed by atoms with Crippen molar-refractivity contribution in [1.29, 1.82) is 0 Å². The Labute approximate surface area is 65.3 Å². The molecule has 0 aromatic rings. The van der Waals surface area contributed by atoms with Gasteiger partial charge in [-0.25, -0.2) is 0 Å². The van der Waals surface area contributed by atoms with E-state index in [4.69, 9.17) is 0 Å². The number of hydrogen-bond donors (Lipinski definition) is 0. The molecule has 0 aromatic carbocycles. The summed E-state index contributed by atoms with van der Waals surface area (Å²) < 4.78 is 0. The molecule has 0 aromatic heterocycles. The molecule has 1 atom stereocenters. The highest BCUT2D eigenvalue weighted by molar-refractivity contribution is 7.99. The van der Waals surface area contributed by atoms with E-state index >= 15 is 0 Å². The summed E-state index contributed by atoms with van der Waals surface area (Å²) in [5.74, 6) is 1.83. The first-order chi connectivity index (χ1) is 4.75. The molecule has 0 N–H and O–H groups in total. The van der Waals surface area contributed by atoms with Gasteiger partial charge in [0.25, 0.3) is 0 Å². The van der Waals surface area contributed by atoms with Gasteiger partial charge in [0.2, 0.25) is 6.41 Å². The van der Waals surface area contributed by atoms with E-state index < -0.39 is 0 Å². The molecule has 1 rings (SSSR count). The molecule has 1 fully saturated rings. The van der Waals surface area contributed by atoms with Gasteiger partial charge >= 0.3 is 0 Å². The van der Waals surface area contributed by atoms with Crippen molar-refractivity contribution in [2.45, 2.75) is 13.0 Å². The second-order valence-electron chi connectivity index (χ2n) is 2.48. The van der Waals surface area contributed by atoms with Crippen LogP contribution in [0.4, 0.5) is 0 Å². The lowest BCUT2D eigenvalue weighted by Gasteiger charge is -2.18. The molecule has 1 amide bonds. The topological polar surface area (TPSA) is 20.3 Å². The number of nitrogens with zero attached hydrogens (tertiary/aromatic N) is 1. The SMILES string of the molecule is C=C(C)C1CSCN1C=O. The molecule has 1 saturated heterocycles. The third-order valence-electron chi connectivity index (χ3n) is 1.62. The van der Waals surface area contributed by atoms with E-state index in [1.165, 1.54) is 0 Å². The summed E-state index contributed by atoms with van der Waals surface area (Å²) in [6.07, 6.45) is 0.902. The van der Waals surface area contributed by atoms with Gasteiger partial charge < -0.3 is 4.90 Å². The van der Waals surface area contributed by atoms with E-state index in [2.05, 4.69) is 6.58 Å². The summed E-state index contributed by atoms with van der Waals surface area (Å²) in [5.41, 5.74) is 1.08. The number of rotatable bonds is 2. The molecular weight excluding hydrogens is 146 g/mol. The Balaban J connectivity index is 2.58. The first kappa shape index (κ1) is 7.66. The fraction of sp³-hybridized carbons (Fsp3) is 0.571. The van der Waals surface area contributed by atoms with Crippen LogP contribution in [-0.4, -0.2) is 29.0 Å². The molecule has 3 heteroatoms. The van der Waals surface area contributed by atoms with Gasteiger partial charge in [-0.15, -0.1) is 11.8 Å². The Bertz CT molecular complexity index is 158. The van der Waals surface area contributed by atoms with E-state index in [-0.39, 0.29) is 6.04 Å². The smallest absolute Gasteiger partial charge is 0.210 e. The first-order valence-corrected chi connectivity index (χ1v) is 4.35. The Morgan fingerprint density at radius 2 is 2.60 bits per heavy atom. The number of hydrogen-bond acceptors (Lipinski definition) is 2. The summed E-state index contributed by atoms with van der Waals surface area (Å²) >= 11 is 1.78. The van der Waals surface area contributed by atoms with E-state index in [0.717, 1.165) is 23.6 Å². The van der Waals surface area contributed by atoms with Gasteiger partial charge in [0, 0.05) is 5.75 Å². The first-order valence-electron chi connectivity index (χ1n) is 3.20. The van der Waals surface area contributed by atoms with Crippen molar-refractivity contribution in [2.24, 2.45) is 0 Å². The molecule has 0 saturated carbocycles. The summed E-state index contributed by atoms with van der Waals surface area (Å²) in [6, 6.07) is 0.280. The molecule has 1 heterocycles. The zero-order valence-corrected chi connectivity index (χ0v) is 6.86. The van der Waals surface area contributed by atoms with Gasteiger partial charge in [-0.2, -0.15) is 0 Å². The Morgan fingerprint density at radius 3 is 3.00 bits per heavy atom. The normalized spacial score (nSPS) is 24.9. The Kier molecular flexibility index (Phi) is 2.38. The molecular formula is C7H11NOS. The van der Waals surface area contributed by atoms with Crippen LogP contribution in [0.5, 0.6) is 0 Å². The van der Waals surface area contributed by atoms with E-state index in [1.54, 1.807) is 16.7 Å². The van der Waals surface area contributed by atoms with Crippen molar-refractivity contribution >= 4 is 18.2 Å². The lowest BCUT2D eigenvalue weighted by molar-refractivity contribution is -0.117. The van der Waals surface area contributed by atoms with E-state index in [9.17, 15) is 4.79 Å². The van der Waals surface area contributed by atoms with Crippen molar-refractivity contribution in [3.8, 4) is 0 Å². The quantitative estimate of drug-likeness (QED) is 0.442. The van der Waals surface area contributed by atoms with Gasteiger partial charge in [-0.1, -0.05) is 12.2 Å². The molecule has 0 radical (unpaired) electrons. The van der Waals surface area contributed by atoms with Gasteiger partial charge in [0.15, 0.2) is 0 Å². The summed E-state index contributed by atoms with van der Waals surface area (Å²) in [5, 5.41) is 0. The maximum atomic E-state index is 10.4. The zero-order chi connectivity index (χ0) is 7.56. The van der Waals surface area contributed by atoms with Crippen LogP contribution in [0.1, 0.15) is 6.92 Å². The summed E-state index contributed by atoms with van der Waals surface area (Å²) in [7, 11) is 0. The Morgan fingerprint density at radius 1 is 1.90 bits per heavy atom. The highest BCUT2D eigenvalue weighted by Crippen LogP contribution is 2.22. The maximum Gasteiger partial charge on any atom is 0.210 e. The summed E-state index contributed by atoms with van der Waals surface area (Å²) in [4.78, 5) is 12.2. The molecule has 0 bridgehead atoms. The predicted molar refractivity (Wildman–Crippen MR) is 43.8 cm³/mol. The molecule has 56 valence electrons. The van der Waals surface area contributed by atoms with Crippen molar-refractivity contribution in [1.82, 2.24) is 4.90 Å². The van der Waals surface area contributed by atoms with Crippen molar-refractivity contribution in [2.75, 3.05) is 11.6 Å². The number of amides is 1. The minimum atomic E-state index is 0.280. The largest absolute Gasteiger partial charge is 0.328 e. The van der Waals surface area contributed by atoms with E-state index in [1.807, 2.05) is 6.92 Å². The van der Waals surface area contributed by atoms with Gasteiger partial charge in [0.1, 0.15) is 0 Å². The molecule has 1 aliphatic heterocycles. The van der Waals surface area contributed by atoms with Crippen LogP contribution in [0.15, 0.2) is 12.2 Å². The van der Waals surface area contributed by atoms with Crippen LogP contribution < -0.4 is 0 Å². The highest BCUT2D eigenvalue weighted by Gasteiger charge is 2.23. The average molecular weight is 157 g/mol. The van der Waals surface area contributed by atoms with Gasteiger partial charge in [-0.05, 0) is 6.92 Å². The monoisotopic (exact) mass is 157 g/mol. The number of carbonyl (C=O) groups excluding carboxylic acids is 1. The third kappa shape index (κ3) is 1.34. The second kappa shape index (κ2) is 3.10. The molecule has 10 heavy (non-hydrogen) atoms. The standard InChI is InChI=1S/C7H11NOS/c1-6(2)7-3-10-5-8(7)4-9/h4,7H,1,3,5H2,2H3. The van der Waals surface area contributed by atoms with Crippen LogP contribution in [-0.2, 0) is 4.79 Å². The van der Waals surface area contributed by atoms with Crippen LogP contribution in [0.2, 0.25) is 0 Å². The van der Waals surface area contributed by atoms with Crippen LogP contribution in [0.3, 0.4) is 0 Å². The highest BCUT2D eigenvalue weighted by atomic mass is 32.2.